The van der Waals surface area contributed by atoms with Gasteiger partial charge in [-0.3, -0.25) is 0 Å². The van der Waals surface area contributed by atoms with Gasteiger partial charge in [-0.05, 0) is 68.6 Å². The standard InChI is InChI=1S/C29H37N3O4S.ClH/c1-35-21-7-5-3-2-4-6-18-32-19-16-26(17-20-32)36-25-14-12-23(13-15-25)28-31-30-27(37-28)22-8-10-24(11-9-22)29(33)34;/h8-15,26H,2-7,16-21H2,1H3,(H,33,34);1H. The Morgan fingerprint density at radius 2 is 1.45 bits per heavy atom. The third-order valence-corrected chi connectivity index (χ3v) is 7.84. The van der Waals surface area contributed by atoms with Gasteiger partial charge in [-0.25, -0.2) is 4.79 Å². The molecule has 0 radical (unpaired) electrons. The minimum absolute atomic E-state index is 0. The number of unbranched alkanes of at least 4 members (excludes halogenated alkanes) is 5. The molecule has 1 fully saturated rings. The van der Waals surface area contributed by atoms with Gasteiger partial charge in [0, 0.05) is 37.9 Å². The largest absolute Gasteiger partial charge is 0.490 e. The Balaban J connectivity index is 0.00000400. The number of carboxylic acid groups (broad SMARTS) is 1. The molecule has 1 aromatic heterocycles. The number of likely N-dealkylation sites (tertiary alicyclic amines) is 1. The number of aromatic nitrogens is 2. The minimum atomic E-state index is -0.937. The highest BCUT2D eigenvalue weighted by atomic mass is 35.5. The van der Waals surface area contributed by atoms with E-state index in [0.29, 0.717) is 0 Å². The first-order chi connectivity index (χ1) is 18.1. The second kappa shape index (κ2) is 15.8. The zero-order chi connectivity index (χ0) is 25.9. The van der Waals surface area contributed by atoms with E-state index in [9.17, 15) is 4.79 Å². The van der Waals surface area contributed by atoms with Gasteiger partial charge in [0.1, 0.15) is 21.9 Å². The fraction of sp³-hybridized carbons (Fsp3) is 0.483. The lowest BCUT2D eigenvalue weighted by molar-refractivity contribution is 0.0697. The zero-order valence-electron chi connectivity index (χ0n) is 22.0. The quantitative estimate of drug-likeness (QED) is 0.217. The molecule has 1 aliphatic rings. The zero-order valence-corrected chi connectivity index (χ0v) is 23.6. The number of benzene rings is 2. The van der Waals surface area contributed by atoms with Crippen LogP contribution in [-0.4, -0.2) is 65.6 Å². The maximum Gasteiger partial charge on any atom is 0.335 e. The van der Waals surface area contributed by atoms with Crippen molar-refractivity contribution in [3.63, 3.8) is 0 Å². The van der Waals surface area contributed by atoms with E-state index in [1.54, 1.807) is 31.4 Å². The van der Waals surface area contributed by atoms with Crippen molar-refractivity contribution in [2.45, 2.75) is 57.5 Å². The number of hydrogen-bond donors (Lipinski definition) is 1. The molecule has 0 amide bonds. The Bertz CT molecular complexity index is 1100. The summed E-state index contributed by atoms with van der Waals surface area (Å²) in [4.78, 5) is 13.6. The molecule has 0 spiro atoms. The van der Waals surface area contributed by atoms with Gasteiger partial charge in [0.05, 0.1) is 5.56 Å². The summed E-state index contributed by atoms with van der Waals surface area (Å²) in [5.41, 5.74) is 2.11. The average Bonchev–Trinajstić information content (AvgIpc) is 3.42. The van der Waals surface area contributed by atoms with Crippen molar-refractivity contribution < 1.29 is 19.4 Å². The minimum Gasteiger partial charge on any atom is -0.490 e. The number of nitrogens with zero attached hydrogens (tertiary/aromatic N) is 3. The second-order valence-corrected chi connectivity index (χ2v) is 10.6. The van der Waals surface area contributed by atoms with E-state index < -0.39 is 5.97 Å². The van der Waals surface area contributed by atoms with Crippen LogP contribution in [0.25, 0.3) is 21.1 Å². The first-order valence-electron chi connectivity index (χ1n) is 13.3. The number of carboxylic acids is 1. The van der Waals surface area contributed by atoms with Crippen LogP contribution in [0.2, 0.25) is 0 Å². The van der Waals surface area contributed by atoms with Gasteiger partial charge < -0.3 is 19.5 Å². The van der Waals surface area contributed by atoms with Crippen LogP contribution in [0, 0.1) is 0 Å². The van der Waals surface area contributed by atoms with Crippen LogP contribution in [0.1, 0.15) is 61.7 Å². The van der Waals surface area contributed by atoms with E-state index in [2.05, 4.69) is 15.1 Å². The van der Waals surface area contributed by atoms with Crippen LogP contribution in [0.4, 0.5) is 0 Å². The van der Waals surface area contributed by atoms with E-state index in [4.69, 9.17) is 14.6 Å². The molecule has 7 nitrogen and oxygen atoms in total. The fourth-order valence-electron chi connectivity index (χ4n) is 4.62. The number of aromatic carboxylic acids is 1. The van der Waals surface area contributed by atoms with Crippen molar-refractivity contribution in [3.05, 3.63) is 54.1 Å². The van der Waals surface area contributed by atoms with Crippen molar-refractivity contribution in [1.29, 1.82) is 0 Å². The van der Waals surface area contributed by atoms with Gasteiger partial charge in [0.25, 0.3) is 0 Å². The number of piperidine rings is 1. The van der Waals surface area contributed by atoms with Gasteiger partial charge >= 0.3 is 5.97 Å². The van der Waals surface area contributed by atoms with E-state index in [0.717, 1.165) is 59.4 Å². The summed E-state index contributed by atoms with van der Waals surface area (Å²) in [7, 11) is 1.77. The number of hydrogen-bond acceptors (Lipinski definition) is 7. The highest BCUT2D eigenvalue weighted by Gasteiger charge is 2.20. The molecule has 2 heterocycles. The average molecular weight is 560 g/mol. The lowest BCUT2D eigenvalue weighted by atomic mass is 10.1. The molecule has 38 heavy (non-hydrogen) atoms. The molecule has 3 aromatic rings. The summed E-state index contributed by atoms with van der Waals surface area (Å²) in [6, 6.07) is 14.8. The van der Waals surface area contributed by atoms with Gasteiger partial charge in [0.2, 0.25) is 0 Å². The summed E-state index contributed by atoms with van der Waals surface area (Å²) >= 11 is 1.49. The normalized spacial score (nSPS) is 14.2. The van der Waals surface area contributed by atoms with E-state index >= 15 is 0 Å². The van der Waals surface area contributed by atoms with Gasteiger partial charge in [-0.1, -0.05) is 49.2 Å². The Hall–Kier alpha value is -2.52. The van der Waals surface area contributed by atoms with Gasteiger partial charge in [-0.15, -0.1) is 22.6 Å². The van der Waals surface area contributed by atoms with Crippen molar-refractivity contribution in [2.75, 3.05) is 33.4 Å². The van der Waals surface area contributed by atoms with Crippen LogP contribution in [0.5, 0.6) is 5.75 Å². The smallest absolute Gasteiger partial charge is 0.335 e. The molecule has 1 N–H and O–H groups in total. The molecule has 0 saturated carbocycles. The SMILES string of the molecule is COCCCCCCCCN1CCC(Oc2ccc(-c3nnc(-c4ccc(C(=O)O)cc4)s3)cc2)CC1.Cl. The monoisotopic (exact) mass is 559 g/mol. The molecule has 0 atom stereocenters. The van der Waals surface area contributed by atoms with Crippen molar-refractivity contribution in [2.24, 2.45) is 0 Å². The molecule has 9 heteroatoms. The molecule has 4 rings (SSSR count). The molecule has 206 valence electrons. The van der Waals surface area contributed by atoms with Crippen LogP contribution >= 0.6 is 23.7 Å². The number of ether oxygens (including phenoxy) is 2. The summed E-state index contributed by atoms with van der Waals surface area (Å²) in [5.74, 6) is -0.0438. The summed E-state index contributed by atoms with van der Waals surface area (Å²) in [6.07, 6.45) is 10.1. The Labute approximate surface area is 235 Å². The van der Waals surface area contributed by atoms with Crippen LogP contribution in [-0.2, 0) is 4.74 Å². The maximum absolute atomic E-state index is 11.1. The van der Waals surface area contributed by atoms with Crippen molar-refractivity contribution in [3.8, 4) is 26.9 Å². The number of halogens is 1. The maximum atomic E-state index is 11.1. The topological polar surface area (TPSA) is 84.8 Å². The van der Waals surface area contributed by atoms with Crippen LogP contribution < -0.4 is 4.74 Å². The predicted molar refractivity (Wildman–Crippen MR) is 155 cm³/mol. The Morgan fingerprint density at radius 3 is 2.03 bits per heavy atom. The first kappa shape index (κ1) is 30.0. The van der Waals surface area contributed by atoms with Crippen molar-refractivity contribution in [1.82, 2.24) is 15.1 Å². The molecule has 0 bridgehead atoms. The molecular formula is C29H38ClN3O4S. The molecule has 1 aliphatic heterocycles. The van der Waals surface area contributed by atoms with Crippen molar-refractivity contribution >= 4 is 29.7 Å². The lowest BCUT2D eigenvalue weighted by Crippen LogP contribution is -2.38. The molecule has 0 aliphatic carbocycles. The highest BCUT2D eigenvalue weighted by molar-refractivity contribution is 7.17. The second-order valence-electron chi connectivity index (χ2n) is 9.59. The predicted octanol–water partition coefficient (Wildman–Crippen LogP) is 6.82. The van der Waals surface area contributed by atoms with E-state index in [-0.39, 0.29) is 24.1 Å². The van der Waals surface area contributed by atoms with E-state index in [1.165, 1.54) is 56.4 Å². The molecule has 1 saturated heterocycles. The summed E-state index contributed by atoms with van der Waals surface area (Å²) in [5, 5.41) is 19.3. The number of methoxy groups -OCH3 is 1. The lowest BCUT2D eigenvalue weighted by Gasteiger charge is -2.32. The number of carbonyl (C=O) groups is 1. The summed E-state index contributed by atoms with van der Waals surface area (Å²) in [6.45, 7) is 4.31. The van der Waals surface area contributed by atoms with Gasteiger partial charge in [0.15, 0.2) is 0 Å². The van der Waals surface area contributed by atoms with Gasteiger partial charge in [-0.2, -0.15) is 0 Å². The molecule has 0 unspecified atom stereocenters. The van der Waals surface area contributed by atoms with Crippen LogP contribution in [0.15, 0.2) is 48.5 Å². The number of rotatable bonds is 14. The third kappa shape index (κ3) is 9.05. The summed E-state index contributed by atoms with van der Waals surface area (Å²) < 4.78 is 11.4. The molecule has 2 aromatic carbocycles. The third-order valence-electron chi connectivity index (χ3n) is 6.82. The van der Waals surface area contributed by atoms with E-state index in [1.807, 2.05) is 24.3 Å². The first-order valence-corrected chi connectivity index (χ1v) is 14.1. The fourth-order valence-corrected chi connectivity index (χ4v) is 5.47. The molecular weight excluding hydrogens is 522 g/mol. The highest BCUT2D eigenvalue weighted by Crippen LogP contribution is 2.31. The Morgan fingerprint density at radius 1 is 0.895 bits per heavy atom. The Kier molecular flexibility index (Phi) is 12.5. The van der Waals surface area contributed by atoms with Crippen LogP contribution in [0.3, 0.4) is 0 Å².